The number of anilines is 1. The van der Waals surface area contributed by atoms with Gasteiger partial charge in [0, 0.05) is 5.69 Å². The topological polar surface area (TPSA) is 124 Å². The lowest BCUT2D eigenvalue weighted by molar-refractivity contribution is 0.103. The first-order chi connectivity index (χ1) is 9.41. The van der Waals surface area contributed by atoms with E-state index < -0.39 is 15.9 Å². The van der Waals surface area contributed by atoms with Gasteiger partial charge in [-0.3, -0.25) is 4.79 Å². The molecule has 8 nitrogen and oxygen atoms in total. The van der Waals surface area contributed by atoms with Gasteiger partial charge in [0.2, 0.25) is 10.0 Å². The third-order valence-corrected chi connectivity index (χ3v) is 3.91. The summed E-state index contributed by atoms with van der Waals surface area (Å²) >= 11 is 0.927. The fraction of sp³-hybridized carbons (Fsp3) is 0.100. The molecule has 0 saturated carbocycles. The van der Waals surface area contributed by atoms with Crippen molar-refractivity contribution < 1.29 is 17.9 Å². The van der Waals surface area contributed by atoms with Crippen molar-refractivity contribution in [3.05, 3.63) is 29.3 Å². The summed E-state index contributed by atoms with van der Waals surface area (Å²) in [7, 11) is -2.63. The molecule has 1 aromatic heterocycles. The number of nitrogens with two attached hydrogens (primary N) is 1. The number of rotatable bonds is 4. The van der Waals surface area contributed by atoms with Crippen LogP contribution in [-0.2, 0) is 10.0 Å². The van der Waals surface area contributed by atoms with Crippen LogP contribution in [0.3, 0.4) is 0 Å². The third kappa shape index (κ3) is 3.10. The molecule has 1 amide bonds. The molecule has 10 heteroatoms. The standard InChI is InChI=1S/C10H10N4O4S2/c1-18-7-3-2-6(4-9(7)20(11,16)17)13-10(15)8-5-12-14-19-8/h2-5H,1H3,(H,13,15)(H2,11,16,17). The van der Waals surface area contributed by atoms with E-state index in [4.69, 9.17) is 9.88 Å². The number of benzene rings is 1. The van der Waals surface area contributed by atoms with Gasteiger partial charge in [0.1, 0.15) is 15.5 Å². The van der Waals surface area contributed by atoms with Gasteiger partial charge in [0.05, 0.1) is 13.3 Å². The van der Waals surface area contributed by atoms with Crippen LogP contribution in [0, 0.1) is 0 Å². The summed E-state index contributed by atoms with van der Waals surface area (Å²) in [5.74, 6) is -0.338. The predicted molar refractivity (Wildman–Crippen MR) is 72.2 cm³/mol. The lowest BCUT2D eigenvalue weighted by Crippen LogP contribution is -2.15. The molecule has 0 bridgehead atoms. The van der Waals surface area contributed by atoms with Gasteiger partial charge in [0.25, 0.3) is 5.91 Å². The van der Waals surface area contributed by atoms with Gasteiger partial charge in [-0.15, -0.1) is 5.10 Å². The van der Waals surface area contributed by atoms with E-state index in [2.05, 4.69) is 14.9 Å². The summed E-state index contributed by atoms with van der Waals surface area (Å²) < 4.78 is 31.4. The maximum atomic E-state index is 11.8. The Morgan fingerprint density at radius 2 is 2.20 bits per heavy atom. The molecule has 0 aliphatic heterocycles. The number of methoxy groups -OCH3 is 1. The van der Waals surface area contributed by atoms with Crippen molar-refractivity contribution in [1.29, 1.82) is 0 Å². The molecular formula is C10H10N4O4S2. The highest BCUT2D eigenvalue weighted by molar-refractivity contribution is 7.89. The van der Waals surface area contributed by atoms with Crippen LogP contribution in [0.2, 0.25) is 0 Å². The molecule has 0 atom stereocenters. The first-order valence-corrected chi connectivity index (χ1v) is 7.53. The van der Waals surface area contributed by atoms with Crippen molar-refractivity contribution in [2.75, 3.05) is 12.4 Å². The summed E-state index contributed by atoms with van der Waals surface area (Å²) in [4.78, 5) is 11.9. The average molecular weight is 314 g/mol. The number of carbonyl (C=O) groups excluding carboxylic acids is 1. The Morgan fingerprint density at radius 3 is 2.75 bits per heavy atom. The second kappa shape index (κ2) is 5.53. The van der Waals surface area contributed by atoms with Crippen LogP contribution in [0.5, 0.6) is 5.75 Å². The highest BCUT2D eigenvalue weighted by atomic mass is 32.2. The summed E-state index contributed by atoms with van der Waals surface area (Å²) in [5.41, 5.74) is 0.272. The molecule has 2 rings (SSSR count). The van der Waals surface area contributed by atoms with E-state index in [1.807, 2.05) is 0 Å². The van der Waals surface area contributed by atoms with E-state index in [0.717, 1.165) is 11.5 Å². The summed E-state index contributed by atoms with van der Waals surface area (Å²) in [6.45, 7) is 0. The molecule has 106 valence electrons. The minimum Gasteiger partial charge on any atom is -0.495 e. The summed E-state index contributed by atoms with van der Waals surface area (Å²) in [6.07, 6.45) is 1.31. The second-order valence-corrected chi connectivity index (χ2v) is 5.96. The monoisotopic (exact) mass is 314 g/mol. The number of primary sulfonamides is 1. The molecule has 1 aromatic carbocycles. The normalized spacial score (nSPS) is 11.1. The first-order valence-electron chi connectivity index (χ1n) is 5.21. The molecule has 3 N–H and O–H groups in total. The van der Waals surface area contributed by atoms with Gasteiger partial charge < -0.3 is 10.1 Å². The minimum atomic E-state index is -3.96. The van der Waals surface area contributed by atoms with Crippen molar-refractivity contribution in [3.8, 4) is 5.75 Å². The zero-order valence-electron chi connectivity index (χ0n) is 10.2. The van der Waals surface area contributed by atoms with E-state index >= 15 is 0 Å². The smallest absolute Gasteiger partial charge is 0.269 e. The van der Waals surface area contributed by atoms with Gasteiger partial charge in [-0.05, 0) is 29.7 Å². The Bertz CT molecular complexity index is 728. The van der Waals surface area contributed by atoms with E-state index in [1.165, 1.54) is 31.5 Å². The van der Waals surface area contributed by atoms with E-state index in [-0.39, 0.29) is 16.3 Å². The van der Waals surface area contributed by atoms with Gasteiger partial charge in [-0.1, -0.05) is 4.49 Å². The lowest BCUT2D eigenvalue weighted by atomic mass is 10.3. The van der Waals surface area contributed by atoms with Gasteiger partial charge >= 0.3 is 0 Å². The van der Waals surface area contributed by atoms with Crippen LogP contribution in [0.1, 0.15) is 9.67 Å². The van der Waals surface area contributed by atoms with E-state index in [0.29, 0.717) is 4.88 Å². The molecule has 0 aliphatic carbocycles. The number of sulfonamides is 1. The molecule has 0 spiro atoms. The molecule has 0 fully saturated rings. The number of carbonyl (C=O) groups is 1. The van der Waals surface area contributed by atoms with Gasteiger partial charge in [0.15, 0.2) is 0 Å². The molecule has 0 unspecified atom stereocenters. The van der Waals surface area contributed by atoms with Crippen LogP contribution in [0.15, 0.2) is 29.3 Å². The molecule has 0 aliphatic rings. The lowest BCUT2D eigenvalue weighted by Gasteiger charge is -2.09. The summed E-state index contributed by atoms with van der Waals surface area (Å²) in [5, 5.41) is 11.2. The average Bonchev–Trinajstić information content (AvgIpc) is 2.91. The van der Waals surface area contributed by atoms with Gasteiger partial charge in [-0.2, -0.15) is 0 Å². The summed E-state index contributed by atoms with van der Waals surface area (Å²) in [6, 6.07) is 4.13. The number of aromatic nitrogens is 2. The molecule has 0 saturated heterocycles. The van der Waals surface area contributed by atoms with E-state index in [9.17, 15) is 13.2 Å². The zero-order valence-corrected chi connectivity index (χ0v) is 11.9. The van der Waals surface area contributed by atoms with Crippen molar-refractivity contribution in [1.82, 2.24) is 9.59 Å². The van der Waals surface area contributed by atoms with Gasteiger partial charge in [-0.25, -0.2) is 13.6 Å². The fourth-order valence-corrected chi connectivity index (χ4v) is 2.57. The highest BCUT2D eigenvalue weighted by Gasteiger charge is 2.17. The van der Waals surface area contributed by atoms with Crippen LogP contribution in [0.4, 0.5) is 5.69 Å². The number of nitrogens with zero attached hydrogens (tertiary/aromatic N) is 2. The number of hydrogen-bond donors (Lipinski definition) is 2. The Morgan fingerprint density at radius 1 is 1.45 bits per heavy atom. The molecular weight excluding hydrogens is 304 g/mol. The second-order valence-electron chi connectivity index (χ2n) is 3.65. The quantitative estimate of drug-likeness (QED) is 0.844. The van der Waals surface area contributed by atoms with Crippen LogP contribution < -0.4 is 15.2 Å². The molecule has 2 aromatic rings. The SMILES string of the molecule is COc1ccc(NC(=O)c2cnns2)cc1S(N)(=O)=O. The predicted octanol–water partition coefficient (Wildman–Crippen LogP) is 0.446. The maximum absolute atomic E-state index is 11.8. The van der Waals surface area contributed by atoms with Crippen LogP contribution >= 0.6 is 11.5 Å². The number of hydrogen-bond acceptors (Lipinski definition) is 7. The fourth-order valence-electron chi connectivity index (χ4n) is 1.44. The van der Waals surface area contributed by atoms with Crippen molar-refractivity contribution in [2.45, 2.75) is 4.90 Å². The first kappa shape index (κ1) is 14.4. The third-order valence-electron chi connectivity index (χ3n) is 2.31. The van der Waals surface area contributed by atoms with Crippen molar-refractivity contribution in [2.24, 2.45) is 5.14 Å². The molecule has 20 heavy (non-hydrogen) atoms. The Kier molecular flexibility index (Phi) is 3.97. The zero-order chi connectivity index (χ0) is 14.8. The number of ether oxygens (including phenoxy) is 1. The number of amides is 1. The highest BCUT2D eigenvalue weighted by Crippen LogP contribution is 2.26. The molecule has 0 radical (unpaired) electrons. The van der Waals surface area contributed by atoms with Crippen LogP contribution in [-0.4, -0.2) is 31.0 Å². The minimum absolute atomic E-state index is 0.102. The Balaban J connectivity index is 2.33. The Hall–Kier alpha value is -2.04. The number of nitrogens with one attached hydrogen (secondary N) is 1. The van der Waals surface area contributed by atoms with E-state index in [1.54, 1.807) is 0 Å². The van der Waals surface area contributed by atoms with Crippen molar-refractivity contribution in [3.63, 3.8) is 0 Å². The van der Waals surface area contributed by atoms with Crippen molar-refractivity contribution >= 4 is 33.2 Å². The van der Waals surface area contributed by atoms with Crippen LogP contribution in [0.25, 0.3) is 0 Å². The largest absolute Gasteiger partial charge is 0.495 e. The molecule has 1 heterocycles. The maximum Gasteiger partial charge on any atom is 0.269 e. The Labute approximate surface area is 118 Å².